The van der Waals surface area contributed by atoms with Crippen LogP contribution in [0.2, 0.25) is 0 Å². The molecule has 1 heterocycles. The molecule has 0 aliphatic carbocycles. The molecule has 23 heavy (non-hydrogen) atoms. The van der Waals surface area contributed by atoms with Crippen molar-refractivity contribution in [3.63, 3.8) is 0 Å². The molecule has 0 bridgehead atoms. The number of nitrogens with one attached hydrogen (secondary N) is 1. The molecule has 0 unspecified atom stereocenters. The van der Waals surface area contributed by atoms with E-state index in [1.807, 2.05) is 72.8 Å². The molecule has 3 aromatic rings. The monoisotopic (exact) mass is 303 g/mol. The summed E-state index contributed by atoms with van der Waals surface area (Å²) in [5.41, 5.74) is 2.60. The van der Waals surface area contributed by atoms with E-state index < -0.39 is 0 Å². The van der Waals surface area contributed by atoms with Crippen LogP contribution < -0.4 is 10.2 Å². The van der Waals surface area contributed by atoms with Crippen LogP contribution in [-0.2, 0) is 6.54 Å². The number of pyridine rings is 1. The van der Waals surface area contributed by atoms with Crippen LogP contribution in [0.4, 0.5) is 16.2 Å². The van der Waals surface area contributed by atoms with Crippen LogP contribution in [0, 0.1) is 0 Å². The maximum absolute atomic E-state index is 12.7. The van der Waals surface area contributed by atoms with Gasteiger partial charge in [-0.15, -0.1) is 0 Å². The molecule has 114 valence electrons. The molecule has 0 saturated carbocycles. The molecule has 2 aromatic carbocycles. The summed E-state index contributed by atoms with van der Waals surface area (Å²) in [6.07, 6.45) is 3.46. The van der Waals surface area contributed by atoms with Crippen LogP contribution in [0.25, 0.3) is 0 Å². The Bertz CT molecular complexity index is 706. The Hall–Kier alpha value is -3.14. The zero-order valence-electron chi connectivity index (χ0n) is 12.6. The predicted octanol–water partition coefficient (Wildman–Crippen LogP) is 4.13. The van der Waals surface area contributed by atoms with Gasteiger partial charge in [0, 0.05) is 18.9 Å². The molecular formula is C19H17N3O. The average Bonchev–Trinajstić information content (AvgIpc) is 2.63. The number of aromatic nitrogens is 1. The quantitative estimate of drug-likeness (QED) is 0.787. The highest BCUT2D eigenvalue weighted by Gasteiger charge is 2.17. The van der Waals surface area contributed by atoms with E-state index in [1.54, 1.807) is 17.3 Å². The molecule has 0 atom stereocenters. The van der Waals surface area contributed by atoms with Gasteiger partial charge in [0.25, 0.3) is 0 Å². The highest BCUT2D eigenvalue weighted by atomic mass is 16.2. The molecule has 0 saturated heterocycles. The Labute approximate surface area is 135 Å². The zero-order chi connectivity index (χ0) is 15.9. The number of rotatable bonds is 4. The van der Waals surface area contributed by atoms with Crippen molar-refractivity contribution >= 4 is 17.4 Å². The summed E-state index contributed by atoms with van der Waals surface area (Å²) in [4.78, 5) is 18.4. The van der Waals surface area contributed by atoms with Gasteiger partial charge in [-0.2, -0.15) is 0 Å². The number of para-hydroxylation sites is 2. The molecule has 1 aromatic heterocycles. The van der Waals surface area contributed by atoms with Gasteiger partial charge in [0.15, 0.2) is 0 Å². The molecule has 3 rings (SSSR count). The summed E-state index contributed by atoms with van der Waals surface area (Å²) in [6.45, 7) is 0.433. The van der Waals surface area contributed by atoms with Crippen molar-refractivity contribution in [2.24, 2.45) is 0 Å². The highest BCUT2D eigenvalue weighted by molar-refractivity contribution is 5.99. The number of carbonyl (C=O) groups excluding carboxylic acids is 1. The average molecular weight is 303 g/mol. The van der Waals surface area contributed by atoms with Gasteiger partial charge >= 0.3 is 6.03 Å². The number of anilines is 2. The van der Waals surface area contributed by atoms with Gasteiger partial charge in [0.1, 0.15) is 0 Å². The Kier molecular flexibility index (Phi) is 4.64. The van der Waals surface area contributed by atoms with Crippen molar-refractivity contribution in [3.05, 3.63) is 90.8 Å². The fourth-order valence-electron chi connectivity index (χ4n) is 2.30. The lowest BCUT2D eigenvalue weighted by Crippen LogP contribution is -2.36. The van der Waals surface area contributed by atoms with Crippen molar-refractivity contribution in [2.45, 2.75) is 6.54 Å². The first-order chi connectivity index (χ1) is 11.3. The van der Waals surface area contributed by atoms with Crippen LogP contribution in [0.3, 0.4) is 0 Å². The summed E-state index contributed by atoms with van der Waals surface area (Å²) >= 11 is 0. The number of hydrogen-bond donors (Lipinski definition) is 1. The van der Waals surface area contributed by atoms with E-state index in [0.29, 0.717) is 6.54 Å². The standard InChI is InChI=1S/C19H17N3O/c23-19(21-15-16-8-7-13-20-14-16)22(17-9-3-1-4-10-17)18-11-5-2-6-12-18/h1-14H,15H2,(H,21,23). The van der Waals surface area contributed by atoms with Crippen LogP contribution in [-0.4, -0.2) is 11.0 Å². The number of urea groups is 1. The first-order valence-electron chi connectivity index (χ1n) is 7.41. The second-order valence-corrected chi connectivity index (χ2v) is 5.03. The molecule has 2 amide bonds. The third-order valence-electron chi connectivity index (χ3n) is 3.40. The number of benzene rings is 2. The SMILES string of the molecule is O=C(NCc1cccnc1)N(c1ccccc1)c1ccccc1. The topological polar surface area (TPSA) is 45.2 Å². The third-order valence-corrected chi connectivity index (χ3v) is 3.40. The summed E-state index contributed by atoms with van der Waals surface area (Å²) in [6, 6.07) is 22.8. The van der Waals surface area contributed by atoms with Crippen LogP contribution in [0.15, 0.2) is 85.2 Å². The van der Waals surface area contributed by atoms with Gasteiger partial charge in [-0.3, -0.25) is 9.88 Å². The van der Waals surface area contributed by atoms with E-state index in [4.69, 9.17) is 0 Å². The molecule has 0 radical (unpaired) electrons. The van der Waals surface area contributed by atoms with E-state index in [1.165, 1.54) is 0 Å². The molecule has 4 nitrogen and oxygen atoms in total. The third kappa shape index (κ3) is 3.74. The molecule has 0 aliphatic rings. The Balaban J connectivity index is 1.82. The second kappa shape index (κ2) is 7.22. The maximum atomic E-state index is 12.7. The first kappa shape index (κ1) is 14.8. The van der Waals surface area contributed by atoms with Crippen molar-refractivity contribution < 1.29 is 4.79 Å². The predicted molar refractivity (Wildman–Crippen MR) is 91.5 cm³/mol. The highest BCUT2D eigenvalue weighted by Crippen LogP contribution is 2.24. The van der Waals surface area contributed by atoms with Crippen LogP contribution >= 0.6 is 0 Å². The van der Waals surface area contributed by atoms with E-state index in [-0.39, 0.29) is 6.03 Å². The zero-order valence-corrected chi connectivity index (χ0v) is 12.6. The summed E-state index contributed by atoms with van der Waals surface area (Å²) in [5, 5.41) is 2.94. The molecule has 4 heteroatoms. The van der Waals surface area contributed by atoms with Gasteiger partial charge in [0.05, 0.1) is 11.4 Å². The molecule has 0 spiro atoms. The molecular weight excluding hydrogens is 286 g/mol. The fourth-order valence-corrected chi connectivity index (χ4v) is 2.30. The van der Waals surface area contributed by atoms with Crippen LogP contribution in [0.1, 0.15) is 5.56 Å². The largest absolute Gasteiger partial charge is 0.333 e. The summed E-state index contributed by atoms with van der Waals surface area (Å²) in [5.74, 6) is 0. The first-order valence-corrected chi connectivity index (χ1v) is 7.41. The number of nitrogens with zero attached hydrogens (tertiary/aromatic N) is 2. The van der Waals surface area contributed by atoms with Gasteiger partial charge < -0.3 is 5.32 Å². The Morgan fingerprint density at radius 1 is 0.870 bits per heavy atom. The van der Waals surface area contributed by atoms with Crippen molar-refractivity contribution in [2.75, 3.05) is 4.90 Å². The van der Waals surface area contributed by atoms with Crippen molar-refractivity contribution in [1.82, 2.24) is 10.3 Å². The van der Waals surface area contributed by atoms with E-state index in [0.717, 1.165) is 16.9 Å². The van der Waals surface area contributed by atoms with E-state index in [2.05, 4.69) is 10.3 Å². The Morgan fingerprint density at radius 3 is 2.00 bits per heavy atom. The minimum Gasteiger partial charge on any atom is -0.333 e. The van der Waals surface area contributed by atoms with E-state index >= 15 is 0 Å². The van der Waals surface area contributed by atoms with E-state index in [9.17, 15) is 4.79 Å². The molecule has 0 fully saturated rings. The number of hydrogen-bond acceptors (Lipinski definition) is 2. The lowest BCUT2D eigenvalue weighted by atomic mass is 10.2. The Morgan fingerprint density at radius 2 is 1.48 bits per heavy atom. The fraction of sp³-hybridized carbons (Fsp3) is 0.0526. The second-order valence-electron chi connectivity index (χ2n) is 5.03. The number of carbonyl (C=O) groups is 1. The van der Waals surface area contributed by atoms with Gasteiger partial charge in [-0.1, -0.05) is 42.5 Å². The molecule has 1 N–H and O–H groups in total. The smallest absolute Gasteiger partial charge is 0.326 e. The minimum atomic E-state index is -0.175. The van der Waals surface area contributed by atoms with Gasteiger partial charge in [0.2, 0.25) is 0 Å². The van der Waals surface area contributed by atoms with Gasteiger partial charge in [-0.25, -0.2) is 4.79 Å². The van der Waals surface area contributed by atoms with Crippen molar-refractivity contribution in [3.8, 4) is 0 Å². The lowest BCUT2D eigenvalue weighted by Gasteiger charge is -2.23. The molecule has 0 aliphatic heterocycles. The van der Waals surface area contributed by atoms with Crippen molar-refractivity contribution in [1.29, 1.82) is 0 Å². The summed E-state index contributed by atoms with van der Waals surface area (Å²) in [7, 11) is 0. The maximum Gasteiger partial charge on any atom is 0.326 e. The van der Waals surface area contributed by atoms with Gasteiger partial charge in [-0.05, 0) is 35.9 Å². The lowest BCUT2D eigenvalue weighted by molar-refractivity contribution is 0.248. The van der Waals surface area contributed by atoms with Crippen LogP contribution in [0.5, 0.6) is 0 Å². The summed E-state index contributed by atoms with van der Waals surface area (Å²) < 4.78 is 0. The minimum absolute atomic E-state index is 0.175. The number of amides is 2. The normalized spacial score (nSPS) is 10.1.